The van der Waals surface area contributed by atoms with E-state index in [-0.39, 0.29) is 10.6 Å². The number of benzene rings is 2. The van der Waals surface area contributed by atoms with Crippen LogP contribution >= 0.6 is 7.92 Å². The Morgan fingerprint density at radius 2 is 1.65 bits per heavy atom. The number of non-ortho nitro benzene ring substituents is 1. The molecular weight excluding hydrogens is 233 g/mol. The number of nitro benzene ring substituents is 1. The zero-order valence-corrected chi connectivity index (χ0v) is 10.3. The summed E-state index contributed by atoms with van der Waals surface area (Å²) in [6, 6.07) is 17.0. The largest absolute Gasteiger partial charge is 0.270 e. The molecule has 0 aromatic heterocycles. The molecule has 0 amide bonds. The second kappa shape index (κ2) is 5.07. The highest BCUT2D eigenvalue weighted by molar-refractivity contribution is 7.72. The Morgan fingerprint density at radius 1 is 1.00 bits per heavy atom. The zero-order valence-electron chi connectivity index (χ0n) is 9.41. The fourth-order valence-corrected chi connectivity index (χ4v) is 3.17. The molecule has 0 aliphatic carbocycles. The van der Waals surface area contributed by atoms with Crippen molar-refractivity contribution in [3.8, 4) is 0 Å². The highest BCUT2D eigenvalue weighted by atomic mass is 31.1. The summed E-state index contributed by atoms with van der Waals surface area (Å²) in [5, 5.41) is 13.0. The Bertz CT molecular complexity index is 528. The molecule has 4 heteroatoms. The van der Waals surface area contributed by atoms with Crippen LogP contribution in [-0.2, 0) is 0 Å². The van der Waals surface area contributed by atoms with E-state index in [1.54, 1.807) is 12.1 Å². The van der Waals surface area contributed by atoms with Crippen LogP contribution in [-0.4, -0.2) is 11.6 Å². The second-order valence-electron chi connectivity index (χ2n) is 3.67. The van der Waals surface area contributed by atoms with Gasteiger partial charge in [-0.25, -0.2) is 0 Å². The third-order valence-electron chi connectivity index (χ3n) is 2.57. The topological polar surface area (TPSA) is 43.1 Å². The molecule has 0 aliphatic heterocycles. The van der Waals surface area contributed by atoms with E-state index in [4.69, 9.17) is 0 Å². The Balaban J connectivity index is 2.34. The quantitative estimate of drug-likeness (QED) is 0.474. The molecule has 17 heavy (non-hydrogen) atoms. The summed E-state index contributed by atoms with van der Waals surface area (Å²) < 4.78 is 0. The summed E-state index contributed by atoms with van der Waals surface area (Å²) in [5.74, 6) is 0. The monoisotopic (exact) mass is 245 g/mol. The summed E-state index contributed by atoms with van der Waals surface area (Å²) in [7, 11) is -0.516. The lowest BCUT2D eigenvalue weighted by molar-refractivity contribution is -0.384. The fraction of sp³-hybridized carbons (Fsp3) is 0.0769. The van der Waals surface area contributed by atoms with Gasteiger partial charge in [0.25, 0.3) is 5.69 Å². The van der Waals surface area contributed by atoms with Crippen LogP contribution in [0.25, 0.3) is 0 Å². The van der Waals surface area contributed by atoms with Crippen LogP contribution in [0.3, 0.4) is 0 Å². The molecule has 2 aromatic carbocycles. The first-order valence-electron chi connectivity index (χ1n) is 5.22. The Labute approximate surface area is 101 Å². The average Bonchev–Trinajstić information content (AvgIpc) is 2.39. The van der Waals surface area contributed by atoms with Crippen molar-refractivity contribution in [1.29, 1.82) is 0 Å². The third-order valence-corrected chi connectivity index (χ3v) is 4.70. The van der Waals surface area contributed by atoms with Gasteiger partial charge in [-0.2, -0.15) is 0 Å². The van der Waals surface area contributed by atoms with Crippen molar-refractivity contribution in [2.75, 3.05) is 6.66 Å². The maximum absolute atomic E-state index is 10.7. The predicted molar refractivity (Wildman–Crippen MR) is 71.7 cm³/mol. The molecule has 0 radical (unpaired) electrons. The van der Waals surface area contributed by atoms with Gasteiger partial charge in [-0.05, 0) is 25.2 Å². The number of hydrogen-bond acceptors (Lipinski definition) is 2. The lowest BCUT2D eigenvalue weighted by atomic mass is 10.3. The number of nitrogens with zero attached hydrogens (tertiary/aromatic N) is 1. The minimum Gasteiger partial charge on any atom is -0.258 e. The Kier molecular flexibility index (Phi) is 3.50. The van der Waals surface area contributed by atoms with Crippen molar-refractivity contribution in [2.45, 2.75) is 0 Å². The first kappa shape index (κ1) is 11.7. The van der Waals surface area contributed by atoms with E-state index >= 15 is 0 Å². The fourth-order valence-electron chi connectivity index (χ4n) is 1.62. The molecule has 0 N–H and O–H groups in total. The molecule has 0 saturated heterocycles. The highest BCUT2D eigenvalue weighted by Crippen LogP contribution is 2.29. The van der Waals surface area contributed by atoms with Gasteiger partial charge in [0, 0.05) is 12.1 Å². The van der Waals surface area contributed by atoms with Gasteiger partial charge in [-0.3, -0.25) is 10.1 Å². The molecule has 2 rings (SSSR count). The Hall–Kier alpha value is -1.73. The standard InChI is InChI=1S/C13H12NO2P/c1-17(12-7-3-2-4-8-12)13-9-5-6-11(10-13)14(15)16/h2-10H,1H3. The number of rotatable bonds is 3. The molecule has 1 unspecified atom stereocenters. The molecule has 0 bridgehead atoms. The second-order valence-corrected chi connectivity index (χ2v) is 5.82. The van der Waals surface area contributed by atoms with Crippen molar-refractivity contribution in [3.05, 3.63) is 64.7 Å². The molecule has 0 spiro atoms. The minimum atomic E-state index is -0.516. The number of nitro groups is 1. The highest BCUT2D eigenvalue weighted by Gasteiger charge is 2.11. The Morgan fingerprint density at radius 3 is 2.29 bits per heavy atom. The first-order chi connectivity index (χ1) is 8.18. The average molecular weight is 245 g/mol. The van der Waals surface area contributed by atoms with Gasteiger partial charge in [0.2, 0.25) is 0 Å². The van der Waals surface area contributed by atoms with E-state index in [9.17, 15) is 10.1 Å². The maximum atomic E-state index is 10.7. The van der Waals surface area contributed by atoms with E-state index < -0.39 is 7.92 Å². The summed E-state index contributed by atoms with van der Waals surface area (Å²) in [4.78, 5) is 10.4. The van der Waals surface area contributed by atoms with Gasteiger partial charge in [0.05, 0.1) is 4.92 Å². The molecule has 0 heterocycles. The van der Waals surface area contributed by atoms with E-state index in [1.165, 1.54) is 11.4 Å². The van der Waals surface area contributed by atoms with Crippen molar-refractivity contribution >= 4 is 24.2 Å². The summed E-state index contributed by atoms with van der Waals surface area (Å²) in [5.41, 5.74) is 0.160. The van der Waals surface area contributed by atoms with Gasteiger partial charge in [0.1, 0.15) is 0 Å². The van der Waals surface area contributed by atoms with E-state index in [2.05, 4.69) is 18.8 Å². The van der Waals surface area contributed by atoms with Crippen molar-refractivity contribution in [1.82, 2.24) is 0 Å². The van der Waals surface area contributed by atoms with Gasteiger partial charge in [0.15, 0.2) is 0 Å². The maximum Gasteiger partial charge on any atom is 0.270 e. The molecule has 86 valence electrons. The summed E-state index contributed by atoms with van der Waals surface area (Å²) in [6.07, 6.45) is 0. The normalized spacial score (nSPS) is 12.1. The van der Waals surface area contributed by atoms with E-state index in [1.807, 2.05) is 24.3 Å². The van der Waals surface area contributed by atoms with Crippen molar-refractivity contribution in [2.24, 2.45) is 0 Å². The van der Waals surface area contributed by atoms with Gasteiger partial charge in [-0.15, -0.1) is 0 Å². The van der Waals surface area contributed by atoms with Crippen LogP contribution in [0.1, 0.15) is 0 Å². The van der Waals surface area contributed by atoms with Gasteiger partial charge >= 0.3 is 0 Å². The number of hydrogen-bond donors (Lipinski definition) is 0. The van der Waals surface area contributed by atoms with E-state index in [0.29, 0.717) is 0 Å². The minimum absolute atomic E-state index is 0.160. The van der Waals surface area contributed by atoms with Crippen LogP contribution in [0.4, 0.5) is 5.69 Å². The van der Waals surface area contributed by atoms with Crippen molar-refractivity contribution in [3.63, 3.8) is 0 Å². The molecular formula is C13H12NO2P. The van der Waals surface area contributed by atoms with Gasteiger partial charge < -0.3 is 0 Å². The van der Waals surface area contributed by atoms with Crippen LogP contribution in [0.15, 0.2) is 54.6 Å². The summed E-state index contributed by atoms with van der Waals surface area (Å²) >= 11 is 0. The zero-order chi connectivity index (χ0) is 12.3. The molecule has 0 saturated carbocycles. The lowest BCUT2D eigenvalue weighted by Gasteiger charge is -2.12. The van der Waals surface area contributed by atoms with E-state index in [0.717, 1.165) is 5.30 Å². The third kappa shape index (κ3) is 2.69. The van der Waals surface area contributed by atoms with Crippen molar-refractivity contribution < 1.29 is 4.92 Å². The van der Waals surface area contributed by atoms with Gasteiger partial charge in [-0.1, -0.05) is 42.5 Å². The molecule has 1 atom stereocenters. The predicted octanol–water partition coefficient (Wildman–Crippen LogP) is 2.66. The van der Waals surface area contributed by atoms with Crippen LogP contribution in [0, 0.1) is 10.1 Å². The molecule has 0 fully saturated rings. The smallest absolute Gasteiger partial charge is 0.258 e. The molecule has 3 nitrogen and oxygen atoms in total. The summed E-state index contributed by atoms with van der Waals surface area (Å²) in [6.45, 7) is 2.11. The molecule has 2 aromatic rings. The first-order valence-corrected chi connectivity index (χ1v) is 7.00. The lowest BCUT2D eigenvalue weighted by Crippen LogP contribution is -2.10. The van der Waals surface area contributed by atoms with Crippen LogP contribution in [0.2, 0.25) is 0 Å². The SMILES string of the molecule is CP(c1ccccc1)c1cccc([N+](=O)[O-])c1. The van der Waals surface area contributed by atoms with Crippen LogP contribution < -0.4 is 10.6 Å². The van der Waals surface area contributed by atoms with Crippen LogP contribution in [0.5, 0.6) is 0 Å². The molecule has 0 aliphatic rings.